The molecule has 1 aliphatic rings. The summed E-state index contributed by atoms with van der Waals surface area (Å²) in [5.74, 6) is 0.603. The molecule has 1 fully saturated rings. The number of nitrogens with one attached hydrogen (secondary N) is 2. The van der Waals surface area contributed by atoms with E-state index in [1.54, 1.807) is 0 Å². The fourth-order valence-electron chi connectivity index (χ4n) is 3.84. The second-order valence-corrected chi connectivity index (χ2v) is 7.21. The summed E-state index contributed by atoms with van der Waals surface area (Å²) in [4.78, 5) is 4.18. The molecule has 1 saturated heterocycles. The zero-order chi connectivity index (χ0) is 17.8. The van der Waals surface area contributed by atoms with Gasteiger partial charge in [0.2, 0.25) is 0 Å². The molecule has 2 aromatic carbocycles. The molecule has 0 spiro atoms. The maximum Gasteiger partial charge on any atom is 0.0514 e. The third-order valence-corrected chi connectivity index (χ3v) is 5.51. The van der Waals surface area contributed by atoms with E-state index in [-0.39, 0.29) is 5.54 Å². The summed E-state index contributed by atoms with van der Waals surface area (Å²) >= 11 is 0. The van der Waals surface area contributed by atoms with Gasteiger partial charge >= 0.3 is 0 Å². The lowest BCUT2D eigenvalue weighted by atomic mass is 9.69. The van der Waals surface area contributed by atoms with Gasteiger partial charge < -0.3 is 10.6 Å². The molecule has 4 rings (SSSR count). The summed E-state index contributed by atoms with van der Waals surface area (Å²) in [5, 5.41) is 7.25. The number of anilines is 1. The normalized spacial score (nSPS) is 21.8. The molecule has 1 aromatic heterocycles. The first kappa shape index (κ1) is 16.8. The molecule has 2 N–H and O–H groups in total. The van der Waals surface area contributed by atoms with Crippen LogP contribution in [-0.2, 0) is 18.5 Å². The molecule has 0 radical (unpaired) electrons. The number of pyridine rings is 1. The van der Waals surface area contributed by atoms with E-state index in [4.69, 9.17) is 0 Å². The van der Waals surface area contributed by atoms with E-state index < -0.39 is 0 Å². The number of aromatic nitrogens is 1. The van der Waals surface area contributed by atoms with Crippen molar-refractivity contribution in [2.45, 2.75) is 25.4 Å². The van der Waals surface area contributed by atoms with Crippen molar-refractivity contribution in [3.05, 3.63) is 95.8 Å². The van der Waals surface area contributed by atoms with Crippen molar-refractivity contribution in [3.8, 4) is 0 Å². The van der Waals surface area contributed by atoms with Crippen molar-refractivity contribution in [1.29, 1.82) is 0 Å². The molecule has 26 heavy (non-hydrogen) atoms. The number of hydrogen-bond donors (Lipinski definition) is 2. The van der Waals surface area contributed by atoms with Crippen molar-refractivity contribution < 1.29 is 0 Å². The summed E-state index contributed by atoms with van der Waals surface area (Å²) in [6, 6.07) is 23.6. The first-order chi connectivity index (χ1) is 12.8. The Morgan fingerprint density at radius 2 is 1.77 bits per heavy atom. The number of rotatable bonds is 6. The number of nitrogens with zero attached hydrogens (tertiary/aromatic N) is 1. The van der Waals surface area contributed by atoms with E-state index in [2.05, 4.69) is 89.3 Å². The van der Waals surface area contributed by atoms with Crippen molar-refractivity contribution in [3.63, 3.8) is 0 Å². The van der Waals surface area contributed by atoms with E-state index >= 15 is 0 Å². The van der Waals surface area contributed by atoms with Gasteiger partial charge in [0.05, 0.1) is 5.54 Å². The zero-order valence-corrected chi connectivity index (χ0v) is 15.2. The van der Waals surface area contributed by atoms with Crippen LogP contribution in [0.5, 0.6) is 0 Å². The zero-order valence-electron chi connectivity index (χ0n) is 15.2. The Bertz CT molecular complexity index is 848. The van der Waals surface area contributed by atoms with Crippen LogP contribution in [-0.4, -0.2) is 11.5 Å². The fraction of sp³-hybridized carbons (Fsp3) is 0.261. The van der Waals surface area contributed by atoms with Gasteiger partial charge in [0.15, 0.2) is 0 Å². The van der Waals surface area contributed by atoms with Crippen LogP contribution in [0.1, 0.15) is 23.6 Å². The third kappa shape index (κ3) is 3.35. The molecule has 0 aliphatic carbocycles. The molecule has 1 aliphatic heterocycles. The van der Waals surface area contributed by atoms with Crippen molar-refractivity contribution in [1.82, 2.24) is 10.3 Å². The lowest BCUT2D eigenvalue weighted by Crippen LogP contribution is -2.62. The Hall–Kier alpha value is -2.65. The Morgan fingerprint density at radius 3 is 2.46 bits per heavy atom. The first-order valence-electron chi connectivity index (χ1n) is 9.28. The predicted octanol–water partition coefficient (Wildman–Crippen LogP) is 4.37. The standard InChI is InChI=1S/C23H25N3/c1-18-16-26-23(18,21-10-12-24-13-11-21)15-20-8-5-9-22(14-20)25-17-19-6-3-2-4-7-19/h2-14,18,25-26H,15-17H2,1H3. The van der Waals surface area contributed by atoms with Crippen LogP contribution in [0.15, 0.2) is 79.1 Å². The molecule has 2 unspecified atom stereocenters. The van der Waals surface area contributed by atoms with E-state index in [0.29, 0.717) is 5.92 Å². The van der Waals surface area contributed by atoms with Crippen LogP contribution in [0.25, 0.3) is 0 Å². The Balaban J connectivity index is 1.51. The Kier molecular flexibility index (Phi) is 4.72. The molecule has 132 valence electrons. The third-order valence-electron chi connectivity index (χ3n) is 5.51. The molecule has 2 heterocycles. The molecule has 3 aromatic rings. The summed E-state index contributed by atoms with van der Waals surface area (Å²) < 4.78 is 0. The van der Waals surface area contributed by atoms with E-state index in [1.165, 1.54) is 22.4 Å². The smallest absolute Gasteiger partial charge is 0.0514 e. The number of hydrogen-bond acceptors (Lipinski definition) is 3. The minimum absolute atomic E-state index is 0.0149. The van der Waals surface area contributed by atoms with Gasteiger partial charge in [0.25, 0.3) is 0 Å². The molecule has 0 saturated carbocycles. The fourth-order valence-corrected chi connectivity index (χ4v) is 3.84. The van der Waals surface area contributed by atoms with Gasteiger partial charge in [-0.2, -0.15) is 0 Å². The predicted molar refractivity (Wildman–Crippen MR) is 107 cm³/mol. The Labute approximate surface area is 155 Å². The average Bonchev–Trinajstić information content (AvgIpc) is 2.71. The molecular formula is C23H25N3. The lowest BCUT2D eigenvalue weighted by molar-refractivity contribution is 0.112. The second-order valence-electron chi connectivity index (χ2n) is 7.21. The number of benzene rings is 2. The highest BCUT2D eigenvalue weighted by molar-refractivity contribution is 5.47. The van der Waals surface area contributed by atoms with Gasteiger partial charge in [-0.1, -0.05) is 49.4 Å². The highest BCUT2D eigenvalue weighted by Gasteiger charge is 2.44. The lowest BCUT2D eigenvalue weighted by Gasteiger charge is -2.50. The van der Waals surface area contributed by atoms with Crippen molar-refractivity contribution >= 4 is 5.69 Å². The quantitative estimate of drug-likeness (QED) is 0.698. The minimum atomic E-state index is 0.0149. The Morgan fingerprint density at radius 1 is 1.00 bits per heavy atom. The van der Waals surface area contributed by atoms with Crippen LogP contribution in [0.2, 0.25) is 0 Å². The summed E-state index contributed by atoms with van der Waals surface area (Å²) in [6.45, 7) is 4.23. The van der Waals surface area contributed by atoms with Gasteiger partial charge in [0.1, 0.15) is 0 Å². The van der Waals surface area contributed by atoms with Gasteiger partial charge in [-0.3, -0.25) is 4.98 Å². The summed E-state index contributed by atoms with van der Waals surface area (Å²) in [7, 11) is 0. The van der Waals surface area contributed by atoms with Gasteiger partial charge in [-0.15, -0.1) is 0 Å². The van der Waals surface area contributed by atoms with Crippen molar-refractivity contribution in [2.75, 3.05) is 11.9 Å². The molecule has 3 heteroatoms. The first-order valence-corrected chi connectivity index (χ1v) is 9.28. The maximum atomic E-state index is 4.18. The maximum absolute atomic E-state index is 4.18. The van der Waals surface area contributed by atoms with Crippen LogP contribution in [0.3, 0.4) is 0 Å². The topological polar surface area (TPSA) is 37.0 Å². The second kappa shape index (κ2) is 7.30. The highest BCUT2D eigenvalue weighted by atomic mass is 15.1. The largest absolute Gasteiger partial charge is 0.381 e. The van der Waals surface area contributed by atoms with Gasteiger partial charge in [0, 0.05) is 31.2 Å². The van der Waals surface area contributed by atoms with Gasteiger partial charge in [-0.05, 0) is 53.3 Å². The van der Waals surface area contributed by atoms with Crippen LogP contribution in [0, 0.1) is 5.92 Å². The van der Waals surface area contributed by atoms with E-state index in [9.17, 15) is 0 Å². The van der Waals surface area contributed by atoms with Crippen LogP contribution in [0.4, 0.5) is 5.69 Å². The highest BCUT2D eigenvalue weighted by Crippen LogP contribution is 2.39. The van der Waals surface area contributed by atoms with E-state index in [0.717, 1.165) is 19.5 Å². The monoisotopic (exact) mass is 343 g/mol. The molecule has 0 amide bonds. The van der Waals surface area contributed by atoms with Crippen molar-refractivity contribution in [2.24, 2.45) is 5.92 Å². The van der Waals surface area contributed by atoms with Crippen LogP contribution >= 0.6 is 0 Å². The van der Waals surface area contributed by atoms with E-state index in [1.807, 2.05) is 12.4 Å². The molecule has 0 bridgehead atoms. The molecule has 2 atom stereocenters. The van der Waals surface area contributed by atoms with Crippen LogP contribution < -0.4 is 10.6 Å². The SMILES string of the molecule is CC1CNC1(Cc1cccc(NCc2ccccc2)c1)c1ccncc1. The molecule has 3 nitrogen and oxygen atoms in total. The van der Waals surface area contributed by atoms with Gasteiger partial charge in [-0.25, -0.2) is 0 Å². The minimum Gasteiger partial charge on any atom is -0.381 e. The average molecular weight is 343 g/mol. The summed E-state index contributed by atoms with van der Waals surface area (Å²) in [5.41, 5.74) is 5.15. The summed E-state index contributed by atoms with van der Waals surface area (Å²) in [6.07, 6.45) is 4.77. The molecular weight excluding hydrogens is 318 g/mol.